The van der Waals surface area contributed by atoms with Crippen molar-refractivity contribution in [2.24, 2.45) is 0 Å². The Hall–Kier alpha value is -2.36. The van der Waals surface area contributed by atoms with Crippen molar-refractivity contribution < 1.29 is 4.79 Å². The van der Waals surface area contributed by atoms with E-state index in [1.807, 2.05) is 26.0 Å². The number of aryl methyl sites for hydroxylation is 2. The molecule has 19 heavy (non-hydrogen) atoms. The summed E-state index contributed by atoms with van der Waals surface area (Å²) in [5, 5.41) is 0. The van der Waals surface area contributed by atoms with Crippen LogP contribution >= 0.6 is 0 Å². The average molecular weight is 255 g/mol. The first-order chi connectivity index (χ1) is 9.00. The number of aromatic nitrogens is 1. The minimum atomic E-state index is -0.0859. The molecule has 2 rings (SSSR count). The smallest absolute Gasteiger partial charge is 0.258 e. The lowest BCUT2D eigenvalue weighted by atomic mass is 10.0. The number of nitrogen functional groups attached to an aromatic ring is 1. The number of carbonyl (C=O) groups excluding carboxylic acids is 1. The summed E-state index contributed by atoms with van der Waals surface area (Å²) in [5.41, 5.74) is 9.80. The molecule has 2 aromatic rings. The van der Waals surface area contributed by atoms with Crippen molar-refractivity contribution in [2.75, 3.05) is 17.7 Å². The van der Waals surface area contributed by atoms with Gasteiger partial charge in [-0.25, -0.2) is 0 Å². The minimum absolute atomic E-state index is 0.0859. The summed E-state index contributed by atoms with van der Waals surface area (Å²) in [6.45, 7) is 3.85. The van der Waals surface area contributed by atoms with Gasteiger partial charge in [0.25, 0.3) is 5.91 Å². The van der Waals surface area contributed by atoms with Gasteiger partial charge in [-0.3, -0.25) is 9.78 Å². The molecule has 1 heterocycles. The Morgan fingerprint density at radius 3 is 2.63 bits per heavy atom. The Morgan fingerprint density at radius 1 is 1.26 bits per heavy atom. The number of rotatable bonds is 2. The molecule has 0 aliphatic rings. The van der Waals surface area contributed by atoms with E-state index in [2.05, 4.69) is 4.98 Å². The summed E-state index contributed by atoms with van der Waals surface area (Å²) in [6, 6.07) is 7.31. The lowest BCUT2D eigenvalue weighted by Crippen LogP contribution is -2.27. The Morgan fingerprint density at radius 2 is 2.00 bits per heavy atom. The van der Waals surface area contributed by atoms with Gasteiger partial charge < -0.3 is 10.6 Å². The van der Waals surface area contributed by atoms with Crippen LogP contribution in [0.25, 0.3) is 0 Å². The highest BCUT2D eigenvalue weighted by molar-refractivity contribution is 6.07. The van der Waals surface area contributed by atoms with Crippen molar-refractivity contribution in [3.8, 4) is 0 Å². The molecule has 1 aromatic heterocycles. The molecule has 1 amide bonds. The predicted molar refractivity (Wildman–Crippen MR) is 77.3 cm³/mol. The largest absolute Gasteiger partial charge is 0.398 e. The van der Waals surface area contributed by atoms with Crippen LogP contribution < -0.4 is 10.6 Å². The molecule has 0 fully saturated rings. The van der Waals surface area contributed by atoms with E-state index >= 15 is 0 Å². The maximum absolute atomic E-state index is 12.5. The van der Waals surface area contributed by atoms with E-state index < -0.39 is 0 Å². The fourth-order valence-electron chi connectivity index (χ4n) is 1.95. The first kappa shape index (κ1) is 13.1. The molecule has 0 saturated heterocycles. The van der Waals surface area contributed by atoms with Crippen molar-refractivity contribution in [1.29, 1.82) is 0 Å². The highest BCUT2D eigenvalue weighted by Crippen LogP contribution is 2.21. The third kappa shape index (κ3) is 2.57. The van der Waals surface area contributed by atoms with E-state index in [-0.39, 0.29) is 5.91 Å². The van der Waals surface area contributed by atoms with E-state index in [4.69, 9.17) is 5.73 Å². The highest BCUT2D eigenvalue weighted by Gasteiger charge is 2.16. The standard InChI is InChI=1S/C15H17N3O/c1-10-7-11(2)14(16)8-13(10)15(19)18(3)12-5-4-6-17-9-12/h4-9H,16H2,1-3H3. The first-order valence-corrected chi connectivity index (χ1v) is 6.05. The zero-order chi connectivity index (χ0) is 14.0. The zero-order valence-corrected chi connectivity index (χ0v) is 11.3. The van der Waals surface area contributed by atoms with Crippen LogP contribution in [0.5, 0.6) is 0 Å². The summed E-state index contributed by atoms with van der Waals surface area (Å²) in [7, 11) is 1.73. The molecule has 4 heteroatoms. The van der Waals surface area contributed by atoms with Crippen LogP contribution in [0.2, 0.25) is 0 Å². The lowest BCUT2D eigenvalue weighted by molar-refractivity contribution is 0.0992. The van der Waals surface area contributed by atoms with Crippen LogP contribution in [0, 0.1) is 13.8 Å². The van der Waals surface area contributed by atoms with Crippen LogP contribution in [-0.4, -0.2) is 17.9 Å². The van der Waals surface area contributed by atoms with Gasteiger partial charge in [-0.15, -0.1) is 0 Å². The summed E-state index contributed by atoms with van der Waals surface area (Å²) >= 11 is 0. The maximum atomic E-state index is 12.5. The fraction of sp³-hybridized carbons (Fsp3) is 0.200. The van der Waals surface area contributed by atoms with Gasteiger partial charge >= 0.3 is 0 Å². The molecular weight excluding hydrogens is 238 g/mol. The van der Waals surface area contributed by atoms with Crippen molar-refractivity contribution in [1.82, 2.24) is 4.98 Å². The normalized spacial score (nSPS) is 10.3. The Balaban J connectivity index is 2.37. The van der Waals surface area contributed by atoms with Crippen molar-refractivity contribution >= 4 is 17.3 Å². The number of pyridine rings is 1. The van der Waals surface area contributed by atoms with E-state index in [0.717, 1.165) is 16.8 Å². The Bertz CT molecular complexity index is 608. The minimum Gasteiger partial charge on any atom is -0.398 e. The molecule has 98 valence electrons. The number of anilines is 2. The number of carbonyl (C=O) groups is 1. The van der Waals surface area contributed by atoms with Gasteiger partial charge in [0.05, 0.1) is 11.9 Å². The SMILES string of the molecule is Cc1cc(C)c(C(=O)N(C)c2cccnc2)cc1N. The highest BCUT2D eigenvalue weighted by atomic mass is 16.2. The van der Waals surface area contributed by atoms with E-state index in [1.54, 1.807) is 36.5 Å². The molecule has 2 N–H and O–H groups in total. The molecule has 0 saturated carbocycles. The van der Waals surface area contributed by atoms with Crippen LogP contribution in [0.1, 0.15) is 21.5 Å². The second-order valence-corrected chi connectivity index (χ2v) is 4.60. The first-order valence-electron chi connectivity index (χ1n) is 6.05. The molecule has 0 aliphatic heterocycles. The summed E-state index contributed by atoms with van der Waals surface area (Å²) in [6.07, 6.45) is 3.34. The third-order valence-electron chi connectivity index (χ3n) is 3.18. The van der Waals surface area contributed by atoms with Crippen LogP contribution in [0.15, 0.2) is 36.7 Å². The summed E-state index contributed by atoms with van der Waals surface area (Å²) in [5.74, 6) is -0.0859. The lowest BCUT2D eigenvalue weighted by Gasteiger charge is -2.18. The molecule has 0 radical (unpaired) electrons. The number of nitrogens with zero attached hydrogens (tertiary/aromatic N) is 2. The number of hydrogen-bond donors (Lipinski definition) is 1. The number of benzene rings is 1. The van der Waals surface area contributed by atoms with Gasteiger partial charge in [0.1, 0.15) is 0 Å². The third-order valence-corrected chi connectivity index (χ3v) is 3.18. The number of nitrogens with two attached hydrogens (primary N) is 1. The van der Waals surface area contributed by atoms with Gasteiger partial charge in [-0.05, 0) is 43.2 Å². The summed E-state index contributed by atoms with van der Waals surface area (Å²) in [4.78, 5) is 18.1. The summed E-state index contributed by atoms with van der Waals surface area (Å²) < 4.78 is 0. The van der Waals surface area contributed by atoms with Crippen LogP contribution in [-0.2, 0) is 0 Å². The van der Waals surface area contributed by atoms with Crippen LogP contribution in [0.4, 0.5) is 11.4 Å². The Kier molecular flexibility index (Phi) is 3.51. The molecule has 0 aliphatic carbocycles. The quantitative estimate of drug-likeness (QED) is 0.839. The van der Waals surface area contributed by atoms with Crippen molar-refractivity contribution in [3.63, 3.8) is 0 Å². The van der Waals surface area contributed by atoms with E-state index in [1.165, 1.54) is 0 Å². The topological polar surface area (TPSA) is 59.2 Å². The second kappa shape index (κ2) is 5.10. The maximum Gasteiger partial charge on any atom is 0.258 e. The monoisotopic (exact) mass is 255 g/mol. The molecule has 0 atom stereocenters. The van der Waals surface area contributed by atoms with Gasteiger partial charge in [0.15, 0.2) is 0 Å². The van der Waals surface area contributed by atoms with Gasteiger partial charge in [-0.2, -0.15) is 0 Å². The van der Waals surface area contributed by atoms with Crippen molar-refractivity contribution in [3.05, 3.63) is 53.3 Å². The Labute approximate surface area is 112 Å². The molecular formula is C15H17N3O. The molecule has 0 unspecified atom stereocenters. The average Bonchev–Trinajstić information content (AvgIpc) is 2.42. The molecule has 0 bridgehead atoms. The number of amides is 1. The van der Waals surface area contributed by atoms with Gasteiger partial charge in [-0.1, -0.05) is 6.07 Å². The zero-order valence-electron chi connectivity index (χ0n) is 11.3. The van der Waals surface area contributed by atoms with Gasteiger partial charge in [0.2, 0.25) is 0 Å². The fourth-order valence-corrected chi connectivity index (χ4v) is 1.95. The van der Waals surface area contributed by atoms with E-state index in [0.29, 0.717) is 11.3 Å². The van der Waals surface area contributed by atoms with E-state index in [9.17, 15) is 4.79 Å². The van der Waals surface area contributed by atoms with Crippen LogP contribution in [0.3, 0.4) is 0 Å². The number of hydrogen-bond acceptors (Lipinski definition) is 3. The van der Waals surface area contributed by atoms with Crippen molar-refractivity contribution in [2.45, 2.75) is 13.8 Å². The molecule has 1 aromatic carbocycles. The predicted octanol–water partition coefficient (Wildman–Crippen LogP) is 2.56. The molecule has 0 spiro atoms. The second-order valence-electron chi connectivity index (χ2n) is 4.60. The molecule has 4 nitrogen and oxygen atoms in total. The van der Waals surface area contributed by atoms with Gasteiger partial charge in [0, 0.05) is 24.5 Å².